The van der Waals surface area contributed by atoms with E-state index in [0.717, 1.165) is 11.3 Å². The Morgan fingerprint density at radius 2 is 2.00 bits per heavy atom. The molecule has 0 bridgehead atoms. The molecule has 1 saturated heterocycles. The molecule has 0 aliphatic carbocycles. The molecule has 2 heterocycles. The van der Waals surface area contributed by atoms with E-state index in [4.69, 9.17) is 15.9 Å². The van der Waals surface area contributed by atoms with Crippen molar-refractivity contribution in [2.75, 3.05) is 13.7 Å². The smallest absolute Gasteiger partial charge is 0.407 e. The van der Waals surface area contributed by atoms with Crippen molar-refractivity contribution >= 4 is 12.0 Å². The van der Waals surface area contributed by atoms with Gasteiger partial charge in [-0.2, -0.15) is 10.2 Å². The average molecular weight is 455 g/mol. The van der Waals surface area contributed by atoms with Crippen molar-refractivity contribution in [2.24, 2.45) is 10.2 Å². The van der Waals surface area contributed by atoms with Gasteiger partial charge in [-0.3, -0.25) is 4.79 Å². The SMILES string of the molecule is C#CCCC1(CCC(=O)N2CC[C@@H](NC(=O)OC(C)(C)C)C[C@H]2c2ccccc2OC)N=N1. The number of nitrogens with one attached hydrogen (secondary N) is 1. The van der Waals surface area contributed by atoms with Crippen molar-refractivity contribution in [3.05, 3.63) is 29.8 Å². The zero-order valence-electron chi connectivity index (χ0n) is 20.0. The quantitative estimate of drug-likeness (QED) is 0.581. The number of likely N-dealkylation sites (tertiary alicyclic amines) is 1. The van der Waals surface area contributed by atoms with Crippen LogP contribution in [0.15, 0.2) is 34.5 Å². The molecule has 0 spiro atoms. The fourth-order valence-electron chi connectivity index (χ4n) is 4.22. The van der Waals surface area contributed by atoms with E-state index < -0.39 is 17.4 Å². The predicted octanol–water partition coefficient (Wildman–Crippen LogP) is 4.61. The summed E-state index contributed by atoms with van der Waals surface area (Å²) in [6.45, 7) is 6.02. The molecule has 0 unspecified atom stereocenters. The zero-order valence-corrected chi connectivity index (χ0v) is 20.0. The Hall–Kier alpha value is -3.08. The Morgan fingerprint density at radius 3 is 2.64 bits per heavy atom. The lowest BCUT2D eigenvalue weighted by atomic mass is 9.90. The number of rotatable bonds is 8. The number of amides is 2. The number of hydrogen-bond acceptors (Lipinski definition) is 6. The highest BCUT2D eigenvalue weighted by molar-refractivity contribution is 5.77. The van der Waals surface area contributed by atoms with Gasteiger partial charge in [-0.15, -0.1) is 12.3 Å². The van der Waals surface area contributed by atoms with Gasteiger partial charge in [0.25, 0.3) is 0 Å². The van der Waals surface area contributed by atoms with Crippen LogP contribution in [0, 0.1) is 12.3 Å². The van der Waals surface area contributed by atoms with E-state index in [0.29, 0.717) is 45.1 Å². The highest BCUT2D eigenvalue weighted by atomic mass is 16.6. The second-order valence-corrected chi connectivity index (χ2v) is 9.60. The van der Waals surface area contributed by atoms with Gasteiger partial charge in [0.05, 0.1) is 13.2 Å². The number of carbonyl (C=O) groups is 2. The molecule has 0 radical (unpaired) electrons. The molecule has 1 N–H and O–H groups in total. The largest absolute Gasteiger partial charge is 0.496 e. The molecule has 3 rings (SSSR count). The molecule has 2 aliphatic rings. The fourth-order valence-corrected chi connectivity index (χ4v) is 4.22. The second kappa shape index (κ2) is 10.2. The van der Waals surface area contributed by atoms with Crippen molar-refractivity contribution in [1.29, 1.82) is 0 Å². The maximum absolute atomic E-state index is 13.3. The molecular formula is C25H34N4O4. The normalized spacial score (nSPS) is 21.1. The summed E-state index contributed by atoms with van der Waals surface area (Å²) < 4.78 is 11.0. The Labute approximate surface area is 196 Å². The Kier molecular flexibility index (Phi) is 7.62. The summed E-state index contributed by atoms with van der Waals surface area (Å²) in [6.07, 6.45) is 8.30. The van der Waals surface area contributed by atoms with E-state index in [2.05, 4.69) is 21.5 Å². The molecule has 2 amide bonds. The fraction of sp³-hybridized carbons (Fsp3) is 0.600. The number of para-hydroxylation sites is 1. The van der Waals surface area contributed by atoms with Crippen LogP contribution in [0.1, 0.15) is 70.9 Å². The predicted molar refractivity (Wildman–Crippen MR) is 125 cm³/mol. The number of carbonyl (C=O) groups excluding carboxylic acids is 2. The first kappa shape index (κ1) is 24.6. The molecule has 8 heteroatoms. The van der Waals surface area contributed by atoms with Crippen LogP contribution in [-0.4, -0.2) is 47.9 Å². The molecule has 1 aromatic rings. The average Bonchev–Trinajstić information content (AvgIpc) is 3.55. The summed E-state index contributed by atoms with van der Waals surface area (Å²) in [6, 6.07) is 7.35. The van der Waals surface area contributed by atoms with Crippen molar-refractivity contribution in [1.82, 2.24) is 10.2 Å². The van der Waals surface area contributed by atoms with E-state index in [1.807, 2.05) is 49.9 Å². The van der Waals surface area contributed by atoms with E-state index >= 15 is 0 Å². The molecular weight excluding hydrogens is 420 g/mol. The minimum Gasteiger partial charge on any atom is -0.496 e. The molecule has 33 heavy (non-hydrogen) atoms. The molecule has 178 valence electrons. The van der Waals surface area contributed by atoms with Crippen molar-refractivity contribution < 1.29 is 19.1 Å². The molecule has 0 aromatic heterocycles. The van der Waals surface area contributed by atoms with Gasteiger partial charge in [0, 0.05) is 43.8 Å². The summed E-state index contributed by atoms with van der Waals surface area (Å²) >= 11 is 0. The highest BCUT2D eigenvalue weighted by Gasteiger charge is 2.41. The van der Waals surface area contributed by atoms with E-state index in [1.54, 1.807) is 7.11 Å². The standard InChI is InChI=1S/C25H34N4O4/c1-6-7-14-25(27-28-25)15-12-22(30)29-16-13-18(26-23(31)33-24(2,3)4)17-20(29)19-10-8-9-11-21(19)32-5/h1,8-11,18,20H,7,12-17H2,2-5H3,(H,26,31)/t18-,20+/m1/s1. The zero-order chi connectivity index (χ0) is 24.1. The molecule has 2 atom stereocenters. The minimum atomic E-state index is -0.572. The van der Waals surface area contributed by atoms with Crippen molar-refractivity contribution in [2.45, 2.75) is 82.6 Å². The maximum atomic E-state index is 13.3. The number of hydrogen-bond donors (Lipinski definition) is 1. The van der Waals surface area contributed by atoms with E-state index in [9.17, 15) is 9.59 Å². The lowest BCUT2D eigenvalue weighted by molar-refractivity contribution is -0.135. The number of methoxy groups -OCH3 is 1. The van der Waals surface area contributed by atoms with Crippen LogP contribution in [0.25, 0.3) is 0 Å². The third-order valence-corrected chi connectivity index (χ3v) is 5.93. The third-order valence-electron chi connectivity index (χ3n) is 5.93. The van der Waals surface area contributed by atoms with Gasteiger partial charge < -0.3 is 19.7 Å². The van der Waals surface area contributed by atoms with Crippen LogP contribution >= 0.6 is 0 Å². The summed E-state index contributed by atoms with van der Waals surface area (Å²) in [5, 5.41) is 11.3. The molecule has 0 saturated carbocycles. The Morgan fingerprint density at radius 1 is 1.27 bits per heavy atom. The van der Waals surface area contributed by atoms with Crippen LogP contribution in [-0.2, 0) is 9.53 Å². The summed E-state index contributed by atoms with van der Waals surface area (Å²) in [5.74, 6) is 3.38. The Bertz CT molecular complexity index is 925. The van der Waals surface area contributed by atoms with Crippen LogP contribution in [0.3, 0.4) is 0 Å². The van der Waals surface area contributed by atoms with Crippen molar-refractivity contribution in [3.63, 3.8) is 0 Å². The number of piperidine rings is 1. The van der Waals surface area contributed by atoms with Gasteiger partial charge in [0.15, 0.2) is 5.66 Å². The van der Waals surface area contributed by atoms with Gasteiger partial charge in [-0.25, -0.2) is 4.79 Å². The number of ether oxygens (including phenoxy) is 2. The summed E-state index contributed by atoms with van der Waals surface area (Å²) in [4.78, 5) is 27.5. The van der Waals surface area contributed by atoms with Gasteiger partial charge in [0.2, 0.25) is 5.91 Å². The number of nitrogens with zero attached hydrogens (tertiary/aromatic N) is 3. The lowest BCUT2D eigenvalue weighted by Crippen LogP contribution is -2.49. The molecule has 1 aromatic carbocycles. The van der Waals surface area contributed by atoms with Crippen LogP contribution < -0.4 is 10.1 Å². The summed E-state index contributed by atoms with van der Waals surface area (Å²) in [5.41, 5.74) is -0.137. The van der Waals surface area contributed by atoms with Gasteiger partial charge in [-0.05, 0) is 39.7 Å². The second-order valence-electron chi connectivity index (χ2n) is 9.60. The van der Waals surface area contributed by atoms with Crippen LogP contribution in [0.4, 0.5) is 4.79 Å². The molecule has 2 aliphatic heterocycles. The number of terminal acetylenes is 1. The number of alkyl carbamates (subject to hydrolysis) is 1. The van der Waals surface area contributed by atoms with Gasteiger partial charge >= 0.3 is 6.09 Å². The third kappa shape index (κ3) is 6.70. The maximum Gasteiger partial charge on any atom is 0.407 e. The first-order chi connectivity index (χ1) is 15.7. The number of benzene rings is 1. The molecule has 8 nitrogen and oxygen atoms in total. The highest BCUT2D eigenvalue weighted by Crippen LogP contribution is 2.40. The first-order valence-electron chi connectivity index (χ1n) is 11.5. The van der Waals surface area contributed by atoms with Gasteiger partial charge in [0.1, 0.15) is 11.4 Å². The van der Waals surface area contributed by atoms with Crippen LogP contribution in [0.2, 0.25) is 0 Å². The lowest BCUT2D eigenvalue weighted by Gasteiger charge is -2.40. The van der Waals surface area contributed by atoms with E-state index in [1.165, 1.54) is 0 Å². The monoisotopic (exact) mass is 454 g/mol. The minimum absolute atomic E-state index is 0.0407. The van der Waals surface area contributed by atoms with Gasteiger partial charge in [-0.1, -0.05) is 18.2 Å². The summed E-state index contributed by atoms with van der Waals surface area (Å²) in [7, 11) is 1.62. The molecule has 1 fully saturated rings. The van der Waals surface area contributed by atoms with Crippen LogP contribution in [0.5, 0.6) is 5.75 Å². The van der Waals surface area contributed by atoms with E-state index in [-0.39, 0.29) is 18.0 Å². The van der Waals surface area contributed by atoms with Crippen molar-refractivity contribution in [3.8, 4) is 18.1 Å². The topological polar surface area (TPSA) is 92.6 Å². The Balaban J connectivity index is 1.72. The first-order valence-corrected chi connectivity index (χ1v) is 11.5.